The van der Waals surface area contributed by atoms with Crippen LogP contribution in [0.25, 0.3) is 11.4 Å². The van der Waals surface area contributed by atoms with E-state index in [0.29, 0.717) is 16.7 Å². The lowest BCUT2D eigenvalue weighted by Crippen LogP contribution is -1.95. The fourth-order valence-electron chi connectivity index (χ4n) is 1.76. The summed E-state index contributed by atoms with van der Waals surface area (Å²) < 4.78 is 11.7. The molecule has 4 nitrogen and oxygen atoms in total. The molecular weight excluding hydrogens is 356 g/mol. The zero-order chi connectivity index (χ0) is 14.7. The third kappa shape index (κ3) is 3.62. The highest BCUT2D eigenvalue weighted by atomic mass is 79.9. The minimum Gasteiger partial charge on any atom is -0.484 e. The van der Waals surface area contributed by atoms with Gasteiger partial charge in [-0.3, -0.25) is 0 Å². The van der Waals surface area contributed by atoms with Crippen LogP contribution in [0.3, 0.4) is 0 Å². The number of benzene rings is 2. The maximum absolute atomic E-state index is 5.94. The first kappa shape index (κ1) is 14.1. The van der Waals surface area contributed by atoms with E-state index in [1.54, 1.807) is 12.1 Å². The highest BCUT2D eigenvalue weighted by Gasteiger charge is 2.09. The molecule has 1 aromatic heterocycles. The van der Waals surface area contributed by atoms with Gasteiger partial charge in [-0.05, 0) is 30.3 Å². The molecule has 0 aliphatic rings. The topological polar surface area (TPSA) is 48.2 Å². The van der Waals surface area contributed by atoms with Crippen LogP contribution in [-0.2, 0) is 6.61 Å². The molecular formula is C15H10BrClN2O2. The second kappa shape index (κ2) is 6.28. The van der Waals surface area contributed by atoms with Crippen LogP contribution < -0.4 is 4.74 Å². The third-order valence-electron chi connectivity index (χ3n) is 2.71. The molecule has 2 aromatic carbocycles. The Kier molecular flexibility index (Phi) is 4.22. The van der Waals surface area contributed by atoms with Gasteiger partial charge >= 0.3 is 0 Å². The lowest BCUT2D eigenvalue weighted by Gasteiger charge is -2.02. The lowest BCUT2D eigenvalue weighted by molar-refractivity contribution is 0.243. The second-order valence-corrected chi connectivity index (χ2v) is 5.62. The predicted molar refractivity (Wildman–Crippen MR) is 83.2 cm³/mol. The van der Waals surface area contributed by atoms with Gasteiger partial charge < -0.3 is 9.26 Å². The molecule has 0 fully saturated rings. The Morgan fingerprint density at radius 1 is 1.14 bits per heavy atom. The average Bonchev–Trinajstić information content (AvgIpc) is 2.94. The van der Waals surface area contributed by atoms with E-state index in [-0.39, 0.29) is 6.61 Å². The van der Waals surface area contributed by atoms with Gasteiger partial charge in [-0.25, -0.2) is 0 Å². The molecule has 0 aliphatic carbocycles. The van der Waals surface area contributed by atoms with Crippen LogP contribution in [0, 0.1) is 0 Å². The maximum atomic E-state index is 5.94. The van der Waals surface area contributed by atoms with Crippen molar-refractivity contribution in [2.24, 2.45) is 0 Å². The van der Waals surface area contributed by atoms with E-state index in [0.717, 1.165) is 15.8 Å². The second-order valence-electron chi connectivity index (χ2n) is 4.27. The van der Waals surface area contributed by atoms with Gasteiger partial charge in [0, 0.05) is 15.1 Å². The van der Waals surface area contributed by atoms with E-state index in [9.17, 15) is 0 Å². The van der Waals surface area contributed by atoms with Crippen molar-refractivity contribution in [3.63, 3.8) is 0 Å². The predicted octanol–water partition coefficient (Wildman–Crippen LogP) is 4.73. The molecule has 6 heteroatoms. The van der Waals surface area contributed by atoms with Gasteiger partial charge in [0.15, 0.2) is 6.61 Å². The van der Waals surface area contributed by atoms with Gasteiger partial charge in [0.25, 0.3) is 5.89 Å². The first-order valence-electron chi connectivity index (χ1n) is 6.17. The molecule has 3 aromatic rings. The number of rotatable bonds is 4. The van der Waals surface area contributed by atoms with Crippen LogP contribution in [0.5, 0.6) is 5.75 Å². The summed E-state index contributed by atoms with van der Waals surface area (Å²) in [6.45, 7) is 0.212. The summed E-state index contributed by atoms with van der Waals surface area (Å²) in [6, 6.07) is 14.8. The first-order chi connectivity index (χ1) is 10.2. The number of hydrogen-bond acceptors (Lipinski definition) is 4. The number of hydrogen-bond donors (Lipinski definition) is 0. The number of nitrogens with zero attached hydrogens (tertiary/aromatic N) is 2. The molecule has 1 heterocycles. The SMILES string of the molecule is Clc1cccc(-c2noc(COc3cccc(Br)c3)n2)c1. The van der Waals surface area contributed by atoms with E-state index in [1.807, 2.05) is 36.4 Å². The highest BCUT2D eigenvalue weighted by Crippen LogP contribution is 2.21. The monoisotopic (exact) mass is 364 g/mol. The van der Waals surface area contributed by atoms with Crippen LogP contribution in [-0.4, -0.2) is 10.1 Å². The summed E-state index contributed by atoms with van der Waals surface area (Å²) in [5.74, 6) is 1.63. The van der Waals surface area contributed by atoms with Crippen LogP contribution >= 0.6 is 27.5 Å². The molecule has 0 bridgehead atoms. The Bertz CT molecular complexity index is 761. The lowest BCUT2D eigenvalue weighted by atomic mass is 10.2. The highest BCUT2D eigenvalue weighted by molar-refractivity contribution is 9.10. The van der Waals surface area contributed by atoms with E-state index in [2.05, 4.69) is 26.1 Å². The molecule has 0 saturated carbocycles. The van der Waals surface area contributed by atoms with Gasteiger partial charge in [-0.15, -0.1) is 0 Å². The zero-order valence-electron chi connectivity index (χ0n) is 10.8. The van der Waals surface area contributed by atoms with Gasteiger partial charge in [0.2, 0.25) is 5.82 Å². The van der Waals surface area contributed by atoms with Crippen molar-refractivity contribution < 1.29 is 9.26 Å². The van der Waals surface area contributed by atoms with Crippen molar-refractivity contribution >= 4 is 27.5 Å². The zero-order valence-corrected chi connectivity index (χ0v) is 13.1. The van der Waals surface area contributed by atoms with Crippen LogP contribution in [0.15, 0.2) is 57.5 Å². The minimum absolute atomic E-state index is 0.212. The molecule has 0 spiro atoms. The summed E-state index contributed by atoms with van der Waals surface area (Å²) in [7, 11) is 0. The smallest absolute Gasteiger partial charge is 0.264 e. The van der Waals surface area contributed by atoms with Crippen LogP contribution in [0.4, 0.5) is 0 Å². The normalized spacial score (nSPS) is 10.6. The van der Waals surface area contributed by atoms with Crippen molar-refractivity contribution in [3.05, 3.63) is 63.9 Å². The summed E-state index contributed by atoms with van der Waals surface area (Å²) in [4.78, 5) is 4.29. The van der Waals surface area contributed by atoms with Crippen molar-refractivity contribution in [2.75, 3.05) is 0 Å². The number of halogens is 2. The van der Waals surface area contributed by atoms with Crippen molar-refractivity contribution in [1.82, 2.24) is 10.1 Å². The fraction of sp³-hybridized carbons (Fsp3) is 0.0667. The molecule has 0 unspecified atom stereocenters. The van der Waals surface area contributed by atoms with Gasteiger partial charge in [0.05, 0.1) is 0 Å². The van der Waals surface area contributed by atoms with E-state index < -0.39 is 0 Å². The molecule has 3 rings (SSSR count). The summed E-state index contributed by atoms with van der Waals surface area (Å²) in [5.41, 5.74) is 0.806. The Balaban J connectivity index is 1.71. The molecule has 0 aliphatic heterocycles. The number of aromatic nitrogens is 2. The largest absolute Gasteiger partial charge is 0.484 e. The first-order valence-corrected chi connectivity index (χ1v) is 7.35. The molecule has 0 atom stereocenters. The van der Waals surface area contributed by atoms with Crippen molar-refractivity contribution in [2.45, 2.75) is 6.61 Å². The van der Waals surface area contributed by atoms with Crippen molar-refractivity contribution in [1.29, 1.82) is 0 Å². The Labute approximate surface area is 134 Å². The Hall–Kier alpha value is -1.85. The fourth-order valence-corrected chi connectivity index (χ4v) is 2.33. The molecule has 0 saturated heterocycles. The van der Waals surface area contributed by atoms with Gasteiger partial charge in [-0.2, -0.15) is 4.98 Å². The minimum atomic E-state index is 0.212. The summed E-state index contributed by atoms with van der Waals surface area (Å²) in [6.07, 6.45) is 0. The maximum Gasteiger partial charge on any atom is 0.264 e. The summed E-state index contributed by atoms with van der Waals surface area (Å²) in [5, 5.41) is 4.55. The van der Waals surface area contributed by atoms with E-state index >= 15 is 0 Å². The van der Waals surface area contributed by atoms with E-state index in [4.69, 9.17) is 20.9 Å². The average molecular weight is 366 g/mol. The molecule has 0 amide bonds. The Morgan fingerprint density at radius 3 is 2.81 bits per heavy atom. The van der Waals surface area contributed by atoms with Crippen LogP contribution in [0.2, 0.25) is 5.02 Å². The van der Waals surface area contributed by atoms with E-state index in [1.165, 1.54) is 0 Å². The standard InChI is InChI=1S/C15H10BrClN2O2/c16-11-4-2-6-13(8-11)20-9-14-18-15(19-21-14)10-3-1-5-12(17)7-10/h1-8H,9H2. The van der Waals surface area contributed by atoms with Crippen LogP contribution in [0.1, 0.15) is 5.89 Å². The van der Waals surface area contributed by atoms with Crippen molar-refractivity contribution in [3.8, 4) is 17.1 Å². The summed E-state index contributed by atoms with van der Waals surface area (Å²) >= 11 is 9.33. The van der Waals surface area contributed by atoms with Gasteiger partial charge in [-0.1, -0.05) is 50.9 Å². The molecule has 21 heavy (non-hydrogen) atoms. The third-order valence-corrected chi connectivity index (χ3v) is 3.44. The number of ether oxygens (including phenoxy) is 1. The molecule has 0 N–H and O–H groups in total. The molecule has 106 valence electrons. The Morgan fingerprint density at radius 2 is 2.00 bits per heavy atom. The molecule has 0 radical (unpaired) electrons. The quantitative estimate of drug-likeness (QED) is 0.670. The van der Waals surface area contributed by atoms with Gasteiger partial charge in [0.1, 0.15) is 5.75 Å².